The number of aromatic hydroxyl groups is 1. The van der Waals surface area contributed by atoms with E-state index in [1.807, 2.05) is 6.26 Å². The van der Waals surface area contributed by atoms with Gasteiger partial charge in [0.15, 0.2) is 6.23 Å². The summed E-state index contributed by atoms with van der Waals surface area (Å²) in [6.07, 6.45) is 1.56. The van der Waals surface area contributed by atoms with Crippen LogP contribution in [0, 0.1) is 0 Å². The number of ether oxygens (including phenoxy) is 1. The number of carboxylic acids is 1. The van der Waals surface area contributed by atoms with E-state index in [0.717, 1.165) is 0 Å². The number of hydrogen-bond acceptors (Lipinski definition) is 5. The molecule has 0 radical (unpaired) electrons. The van der Waals surface area contributed by atoms with Crippen molar-refractivity contribution in [3.63, 3.8) is 0 Å². The topological polar surface area (TPSA) is 108 Å². The average Bonchev–Trinajstić information content (AvgIpc) is 2.45. The minimum atomic E-state index is -1.07. The largest absolute Gasteiger partial charge is 0.508 e. The van der Waals surface area contributed by atoms with Gasteiger partial charge in [-0.25, -0.2) is 9.59 Å². The van der Waals surface area contributed by atoms with Gasteiger partial charge in [-0.2, -0.15) is 11.8 Å². The molecular weight excluding hydrogens is 308 g/mol. The number of rotatable bonds is 8. The van der Waals surface area contributed by atoms with E-state index in [2.05, 4.69) is 10.6 Å². The predicted molar refractivity (Wildman–Crippen MR) is 84.3 cm³/mol. The number of carbonyl (C=O) groups excluding carboxylic acids is 1. The Hall–Kier alpha value is -2.09. The van der Waals surface area contributed by atoms with Gasteiger partial charge in [0.05, 0.1) is 0 Å². The second kappa shape index (κ2) is 9.04. The van der Waals surface area contributed by atoms with Crippen molar-refractivity contribution in [1.82, 2.24) is 10.6 Å². The summed E-state index contributed by atoms with van der Waals surface area (Å²) in [5, 5.41) is 23.1. The maximum atomic E-state index is 11.8. The van der Waals surface area contributed by atoms with Crippen LogP contribution in [-0.2, 0) is 4.79 Å². The van der Waals surface area contributed by atoms with Crippen LogP contribution in [0.4, 0.5) is 4.79 Å². The summed E-state index contributed by atoms with van der Waals surface area (Å²) in [4.78, 5) is 22.8. The Labute approximate surface area is 133 Å². The van der Waals surface area contributed by atoms with Crippen molar-refractivity contribution in [3.8, 4) is 11.5 Å². The Morgan fingerprint density at radius 2 is 1.91 bits per heavy atom. The standard InChI is InChI=1S/C14H20N2O5S/c1-9(21-11-5-3-10(17)4-6-11)15-14(20)16-12(13(18)19)7-8-22-2/h3-6,9,12,17H,7-8H2,1-2H3,(H,18,19)(H2,15,16,20). The SMILES string of the molecule is CSCCC(NC(=O)NC(C)Oc1ccc(O)cc1)C(=O)O. The molecule has 8 heteroatoms. The Morgan fingerprint density at radius 3 is 2.45 bits per heavy atom. The van der Waals surface area contributed by atoms with Gasteiger partial charge in [-0.05, 0) is 49.6 Å². The first-order valence-electron chi connectivity index (χ1n) is 6.67. The molecule has 22 heavy (non-hydrogen) atoms. The monoisotopic (exact) mass is 328 g/mol. The predicted octanol–water partition coefficient (Wildman–Crippen LogP) is 1.62. The van der Waals surface area contributed by atoms with E-state index in [4.69, 9.17) is 14.9 Å². The molecule has 2 amide bonds. The summed E-state index contributed by atoms with van der Waals surface area (Å²) in [5.74, 6) is 0.152. The van der Waals surface area contributed by atoms with Gasteiger partial charge >= 0.3 is 12.0 Å². The lowest BCUT2D eigenvalue weighted by atomic mass is 10.2. The zero-order valence-electron chi connectivity index (χ0n) is 12.4. The quantitative estimate of drug-likeness (QED) is 0.540. The van der Waals surface area contributed by atoms with Crippen molar-refractivity contribution in [2.45, 2.75) is 25.6 Å². The average molecular weight is 328 g/mol. The van der Waals surface area contributed by atoms with Crippen LogP contribution in [0.2, 0.25) is 0 Å². The highest BCUT2D eigenvalue weighted by atomic mass is 32.2. The van der Waals surface area contributed by atoms with Gasteiger partial charge in [-0.3, -0.25) is 0 Å². The van der Waals surface area contributed by atoms with Crippen molar-refractivity contribution in [1.29, 1.82) is 0 Å². The van der Waals surface area contributed by atoms with Crippen LogP contribution in [0.1, 0.15) is 13.3 Å². The zero-order chi connectivity index (χ0) is 16.5. The molecule has 1 aromatic carbocycles. The second-order valence-electron chi connectivity index (χ2n) is 4.54. The van der Waals surface area contributed by atoms with E-state index in [0.29, 0.717) is 17.9 Å². The number of carboxylic acid groups (broad SMARTS) is 1. The molecule has 0 fully saturated rings. The van der Waals surface area contributed by atoms with Crippen LogP contribution in [-0.4, -0.2) is 46.5 Å². The Balaban J connectivity index is 2.45. The fraction of sp³-hybridized carbons (Fsp3) is 0.429. The second-order valence-corrected chi connectivity index (χ2v) is 5.53. The molecular formula is C14H20N2O5S. The number of carbonyl (C=O) groups is 2. The Morgan fingerprint density at radius 1 is 1.27 bits per heavy atom. The molecule has 4 N–H and O–H groups in total. The highest BCUT2D eigenvalue weighted by Gasteiger charge is 2.20. The van der Waals surface area contributed by atoms with E-state index >= 15 is 0 Å². The van der Waals surface area contributed by atoms with Gasteiger partial charge in [-0.15, -0.1) is 0 Å². The Bertz CT molecular complexity index is 495. The lowest BCUT2D eigenvalue weighted by molar-refractivity contribution is -0.139. The van der Waals surface area contributed by atoms with Crippen molar-refractivity contribution < 1.29 is 24.5 Å². The summed E-state index contributed by atoms with van der Waals surface area (Å²) < 4.78 is 5.43. The fourth-order valence-electron chi connectivity index (χ4n) is 1.64. The van der Waals surface area contributed by atoms with Gasteiger partial charge < -0.3 is 25.6 Å². The van der Waals surface area contributed by atoms with Gasteiger partial charge in [0.2, 0.25) is 0 Å². The van der Waals surface area contributed by atoms with E-state index in [9.17, 15) is 9.59 Å². The van der Waals surface area contributed by atoms with Gasteiger partial charge in [0.1, 0.15) is 17.5 Å². The number of phenols is 1. The summed E-state index contributed by atoms with van der Waals surface area (Å²) in [5.41, 5.74) is 0. The van der Waals surface area contributed by atoms with Crippen LogP contribution in [0.5, 0.6) is 11.5 Å². The van der Waals surface area contributed by atoms with Crippen LogP contribution < -0.4 is 15.4 Å². The molecule has 2 unspecified atom stereocenters. The molecule has 2 atom stereocenters. The molecule has 0 saturated carbocycles. The minimum Gasteiger partial charge on any atom is -0.508 e. The van der Waals surface area contributed by atoms with Crippen LogP contribution >= 0.6 is 11.8 Å². The van der Waals surface area contributed by atoms with E-state index in [1.165, 1.54) is 23.9 Å². The van der Waals surface area contributed by atoms with E-state index in [-0.39, 0.29) is 5.75 Å². The number of thioether (sulfide) groups is 1. The number of nitrogens with one attached hydrogen (secondary N) is 2. The van der Waals surface area contributed by atoms with Gasteiger partial charge in [-0.1, -0.05) is 0 Å². The lowest BCUT2D eigenvalue weighted by Gasteiger charge is -2.19. The molecule has 0 heterocycles. The maximum Gasteiger partial charge on any atom is 0.326 e. The molecule has 0 aliphatic carbocycles. The van der Waals surface area contributed by atoms with E-state index < -0.39 is 24.3 Å². The summed E-state index contributed by atoms with van der Waals surface area (Å²) >= 11 is 1.51. The number of aliphatic carboxylic acids is 1. The molecule has 0 aromatic heterocycles. The molecule has 122 valence electrons. The lowest BCUT2D eigenvalue weighted by Crippen LogP contribution is -2.49. The fourth-order valence-corrected chi connectivity index (χ4v) is 2.11. The summed E-state index contributed by atoms with van der Waals surface area (Å²) in [7, 11) is 0. The van der Waals surface area contributed by atoms with Crippen LogP contribution in [0.3, 0.4) is 0 Å². The van der Waals surface area contributed by atoms with Crippen LogP contribution in [0.15, 0.2) is 24.3 Å². The van der Waals surface area contributed by atoms with Crippen LogP contribution in [0.25, 0.3) is 0 Å². The molecule has 0 aliphatic rings. The molecule has 0 aliphatic heterocycles. The van der Waals surface area contributed by atoms with Gasteiger partial charge in [0, 0.05) is 0 Å². The number of amides is 2. The molecule has 0 saturated heterocycles. The molecule has 0 bridgehead atoms. The van der Waals surface area contributed by atoms with Crippen molar-refractivity contribution in [2.75, 3.05) is 12.0 Å². The third-order valence-electron chi connectivity index (χ3n) is 2.70. The van der Waals surface area contributed by atoms with Crippen molar-refractivity contribution in [3.05, 3.63) is 24.3 Å². The normalized spacial score (nSPS) is 13.0. The first kappa shape index (κ1) is 18.0. The smallest absolute Gasteiger partial charge is 0.326 e. The molecule has 1 rings (SSSR count). The minimum absolute atomic E-state index is 0.115. The highest BCUT2D eigenvalue weighted by molar-refractivity contribution is 7.98. The number of benzene rings is 1. The van der Waals surface area contributed by atoms with Crippen molar-refractivity contribution >= 4 is 23.8 Å². The maximum absolute atomic E-state index is 11.8. The number of urea groups is 1. The molecule has 0 spiro atoms. The third-order valence-corrected chi connectivity index (χ3v) is 3.34. The number of hydrogen-bond donors (Lipinski definition) is 4. The third kappa shape index (κ3) is 6.57. The molecule has 1 aromatic rings. The zero-order valence-corrected chi connectivity index (χ0v) is 13.2. The van der Waals surface area contributed by atoms with E-state index in [1.54, 1.807) is 19.1 Å². The first-order chi connectivity index (χ1) is 10.4. The van der Waals surface area contributed by atoms with Crippen molar-refractivity contribution in [2.24, 2.45) is 0 Å². The summed E-state index contributed by atoms with van der Waals surface area (Å²) in [6.45, 7) is 1.62. The van der Waals surface area contributed by atoms with Gasteiger partial charge in [0.25, 0.3) is 0 Å². The first-order valence-corrected chi connectivity index (χ1v) is 8.06. The summed E-state index contributed by atoms with van der Waals surface area (Å²) in [6, 6.07) is 4.50. The number of phenolic OH excluding ortho intramolecular Hbond substituents is 1. The molecule has 7 nitrogen and oxygen atoms in total. The Kier molecular flexibility index (Phi) is 7.38. The highest BCUT2D eigenvalue weighted by Crippen LogP contribution is 2.16.